The number of rotatable bonds is 5. The Morgan fingerprint density at radius 3 is 2.53 bits per heavy atom. The molecule has 15 heavy (non-hydrogen) atoms. The van der Waals surface area contributed by atoms with Crippen LogP contribution in [0.5, 0.6) is 5.75 Å². The van der Waals surface area contributed by atoms with E-state index in [1.807, 2.05) is 24.3 Å². The number of ketones is 1. The average Bonchev–Trinajstić information content (AvgIpc) is 3.01. The lowest BCUT2D eigenvalue weighted by Gasteiger charge is -2.04. The van der Waals surface area contributed by atoms with Crippen LogP contribution >= 0.6 is 0 Å². The summed E-state index contributed by atoms with van der Waals surface area (Å²) in [6.07, 6.45) is 1.02. The molecule has 0 N–H and O–H groups in total. The zero-order valence-electron chi connectivity index (χ0n) is 8.51. The molecule has 1 heterocycles. The van der Waals surface area contributed by atoms with Crippen LogP contribution in [0.4, 0.5) is 0 Å². The molecule has 0 spiro atoms. The fourth-order valence-electron chi connectivity index (χ4n) is 1.25. The van der Waals surface area contributed by atoms with Crippen LogP contribution in [0.25, 0.3) is 0 Å². The molecular formula is C11H12N2O2. The molecule has 1 aliphatic rings. The van der Waals surface area contributed by atoms with Gasteiger partial charge >= 0.3 is 0 Å². The van der Waals surface area contributed by atoms with Gasteiger partial charge in [0.1, 0.15) is 12.4 Å². The Bertz CT molecular complexity index is 378. The van der Waals surface area contributed by atoms with E-state index in [-0.39, 0.29) is 18.6 Å². The van der Waals surface area contributed by atoms with Gasteiger partial charge in [0.2, 0.25) is 0 Å². The van der Waals surface area contributed by atoms with Crippen molar-refractivity contribution in [1.82, 2.24) is 0 Å². The SMILES string of the molecule is CC(=O)COc1ccc(CC2N=N2)cc1. The summed E-state index contributed by atoms with van der Waals surface area (Å²) in [6.45, 7) is 1.64. The highest BCUT2D eigenvalue weighted by atomic mass is 16.5. The summed E-state index contributed by atoms with van der Waals surface area (Å²) in [5.41, 5.74) is 1.18. The minimum Gasteiger partial charge on any atom is -0.486 e. The van der Waals surface area contributed by atoms with Crippen molar-refractivity contribution in [3.63, 3.8) is 0 Å². The Kier molecular flexibility index (Phi) is 2.76. The van der Waals surface area contributed by atoms with Gasteiger partial charge in [0.25, 0.3) is 0 Å². The summed E-state index contributed by atoms with van der Waals surface area (Å²) in [4.78, 5) is 10.7. The summed E-state index contributed by atoms with van der Waals surface area (Å²) in [6, 6.07) is 7.67. The molecular weight excluding hydrogens is 192 g/mol. The Morgan fingerprint density at radius 2 is 2.00 bits per heavy atom. The molecule has 78 valence electrons. The molecule has 1 aromatic carbocycles. The predicted molar refractivity (Wildman–Crippen MR) is 55.0 cm³/mol. The monoisotopic (exact) mass is 204 g/mol. The first-order valence-electron chi connectivity index (χ1n) is 4.85. The molecule has 0 amide bonds. The highest BCUT2D eigenvalue weighted by Crippen LogP contribution is 2.19. The van der Waals surface area contributed by atoms with Crippen molar-refractivity contribution in [3.8, 4) is 5.75 Å². The Balaban J connectivity index is 1.88. The van der Waals surface area contributed by atoms with Gasteiger partial charge in [0, 0.05) is 6.42 Å². The Hall–Kier alpha value is -1.71. The lowest BCUT2D eigenvalue weighted by atomic mass is 10.1. The Labute approximate surface area is 88.0 Å². The fraction of sp³-hybridized carbons (Fsp3) is 0.364. The van der Waals surface area contributed by atoms with Crippen molar-refractivity contribution in [2.45, 2.75) is 19.5 Å². The van der Waals surface area contributed by atoms with E-state index in [2.05, 4.69) is 10.2 Å². The van der Waals surface area contributed by atoms with Crippen LogP contribution in [0.3, 0.4) is 0 Å². The molecule has 4 nitrogen and oxygen atoms in total. The molecule has 1 aromatic rings. The number of carbonyl (C=O) groups excluding carboxylic acids is 1. The lowest BCUT2D eigenvalue weighted by Crippen LogP contribution is -2.06. The van der Waals surface area contributed by atoms with E-state index in [1.54, 1.807) is 0 Å². The van der Waals surface area contributed by atoms with Crippen LogP contribution in [0.2, 0.25) is 0 Å². The largest absolute Gasteiger partial charge is 0.486 e. The molecule has 0 saturated carbocycles. The van der Waals surface area contributed by atoms with Gasteiger partial charge in [0.15, 0.2) is 11.9 Å². The van der Waals surface area contributed by atoms with Gasteiger partial charge in [-0.2, -0.15) is 10.2 Å². The van der Waals surface area contributed by atoms with Gasteiger partial charge in [0.05, 0.1) is 0 Å². The number of carbonyl (C=O) groups is 1. The maximum Gasteiger partial charge on any atom is 0.185 e. The third-order valence-electron chi connectivity index (χ3n) is 2.06. The van der Waals surface area contributed by atoms with Gasteiger partial charge in [-0.05, 0) is 24.6 Å². The normalized spacial score (nSPS) is 13.9. The second-order valence-corrected chi connectivity index (χ2v) is 3.55. The van der Waals surface area contributed by atoms with Gasteiger partial charge in [-0.25, -0.2) is 0 Å². The number of hydrogen-bond acceptors (Lipinski definition) is 4. The van der Waals surface area contributed by atoms with E-state index in [9.17, 15) is 4.79 Å². The highest BCUT2D eigenvalue weighted by Gasteiger charge is 2.15. The molecule has 0 saturated heterocycles. The van der Waals surface area contributed by atoms with Gasteiger partial charge in [-0.1, -0.05) is 12.1 Å². The van der Waals surface area contributed by atoms with Crippen LogP contribution in [-0.4, -0.2) is 18.6 Å². The first-order chi connectivity index (χ1) is 7.24. The molecule has 2 rings (SSSR count). The molecule has 0 atom stereocenters. The van der Waals surface area contributed by atoms with Crippen molar-refractivity contribution in [3.05, 3.63) is 29.8 Å². The maximum atomic E-state index is 10.7. The summed E-state index contributed by atoms with van der Waals surface area (Å²) >= 11 is 0. The molecule has 1 aliphatic heterocycles. The molecule has 0 aliphatic carbocycles. The molecule has 0 bridgehead atoms. The summed E-state index contributed by atoms with van der Waals surface area (Å²) < 4.78 is 5.25. The van der Waals surface area contributed by atoms with E-state index >= 15 is 0 Å². The minimum atomic E-state index is 0.0228. The van der Waals surface area contributed by atoms with E-state index in [0.717, 1.165) is 12.2 Å². The number of hydrogen-bond donors (Lipinski definition) is 0. The number of Topliss-reactive ketones (excluding diaryl/α,β-unsaturated/α-hetero) is 1. The van der Waals surface area contributed by atoms with Crippen molar-refractivity contribution >= 4 is 5.78 Å². The Morgan fingerprint density at radius 1 is 1.33 bits per heavy atom. The summed E-state index contributed by atoms with van der Waals surface area (Å²) in [5.74, 6) is 0.744. The van der Waals surface area contributed by atoms with Gasteiger partial charge in [-0.3, -0.25) is 4.79 Å². The molecule has 0 radical (unpaired) electrons. The van der Waals surface area contributed by atoms with Crippen molar-refractivity contribution in [2.75, 3.05) is 6.61 Å². The van der Waals surface area contributed by atoms with Crippen LogP contribution in [-0.2, 0) is 11.2 Å². The third-order valence-corrected chi connectivity index (χ3v) is 2.06. The zero-order valence-corrected chi connectivity index (χ0v) is 8.51. The second kappa shape index (κ2) is 4.21. The lowest BCUT2D eigenvalue weighted by molar-refractivity contribution is -0.118. The van der Waals surface area contributed by atoms with Crippen molar-refractivity contribution < 1.29 is 9.53 Å². The van der Waals surface area contributed by atoms with Crippen LogP contribution in [0, 0.1) is 0 Å². The van der Waals surface area contributed by atoms with E-state index in [0.29, 0.717) is 0 Å². The average molecular weight is 204 g/mol. The van der Waals surface area contributed by atoms with E-state index in [1.165, 1.54) is 12.5 Å². The van der Waals surface area contributed by atoms with E-state index in [4.69, 9.17) is 4.74 Å². The van der Waals surface area contributed by atoms with Crippen LogP contribution < -0.4 is 4.74 Å². The van der Waals surface area contributed by atoms with Crippen molar-refractivity contribution in [2.24, 2.45) is 10.2 Å². The van der Waals surface area contributed by atoms with Gasteiger partial charge < -0.3 is 4.74 Å². The fourth-order valence-corrected chi connectivity index (χ4v) is 1.25. The smallest absolute Gasteiger partial charge is 0.185 e. The van der Waals surface area contributed by atoms with E-state index < -0.39 is 0 Å². The number of nitrogens with zero attached hydrogens (tertiary/aromatic N) is 2. The quantitative estimate of drug-likeness (QED) is 0.736. The second-order valence-electron chi connectivity index (χ2n) is 3.55. The molecule has 0 fully saturated rings. The summed E-state index contributed by atoms with van der Waals surface area (Å²) in [5, 5.41) is 7.66. The topological polar surface area (TPSA) is 51.0 Å². The third kappa shape index (κ3) is 3.16. The van der Waals surface area contributed by atoms with Gasteiger partial charge in [-0.15, -0.1) is 0 Å². The minimum absolute atomic E-state index is 0.0228. The summed E-state index contributed by atoms with van der Waals surface area (Å²) in [7, 11) is 0. The predicted octanol–water partition coefficient (Wildman–Crippen LogP) is 1.99. The van der Waals surface area contributed by atoms with Crippen LogP contribution in [0.15, 0.2) is 34.5 Å². The van der Waals surface area contributed by atoms with Crippen molar-refractivity contribution in [1.29, 1.82) is 0 Å². The first kappa shape index (κ1) is 9.83. The zero-order chi connectivity index (χ0) is 10.7. The molecule has 4 heteroatoms. The maximum absolute atomic E-state index is 10.7. The highest BCUT2D eigenvalue weighted by molar-refractivity contribution is 5.77. The molecule has 0 aromatic heterocycles. The first-order valence-corrected chi connectivity index (χ1v) is 4.85. The number of benzene rings is 1. The van der Waals surface area contributed by atoms with Crippen LogP contribution in [0.1, 0.15) is 12.5 Å². The standard InChI is InChI=1S/C11H12N2O2/c1-8(14)7-15-10-4-2-9(3-5-10)6-11-12-13-11/h2-5,11H,6-7H2,1H3. The molecule has 0 unspecified atom stereocenters. The number of ether oxygens (including phenoxy) is 1.